The molecule has 0 saturated heterocycles. The van der Waals surface area contributed by atoms with E-state index >= 15 is 0 Å². The first-order valence-corrected chi connectivity index (χ1v) is 17.7. The summed E-state index contributed by atoms with van der Waals surface area (Å²) >= 11 is 0. The van der Waals surface area contributed by atoms with Gasteiger partial charge in [0.05, 0.1) is 11.0 Å². The second-order valence-electron chi connectivity index (χ2n) is 15.5. The van der Waals surface area contributed by atoms with Gasteiger partial charge in [0.25, 0.3) is 6.71 Å². The Kier molecular flexibility index (Phi) is 4.62. The molecule has 4 fully saturated rings. The maximum atomic E-state index is 5.42. The predicted molar refractivity (Wildman–Crippen MR) is 194 cm³/mol. The quantitative estimate of drug-likeness (QED) is 0.190. The molecule has 47 heavy (non-hydrogen) atoms. The number of benzene rings is 5. The molecule has 4 aliphatic carbocycles. The van der Waals surface area contributed by atoms with Gasteiger partial charge in [-0.25, -0.2) is 4.98 Å². The minimum Gasteiger partial charge on any atom is -0.336 e. The summed E-state index contributed by atoms with van der Waals surface area (Å²) in [5.74, 6) is 3.64. The summed E-state index contributed by atoms with van der Waals surface area (Å²) < 4.78 is 2.53. The Bertz CT molecular complexity index is 2290. The molecule has 13 rings (SSSR count). The van der Waals surface area contributed by atoms with Gasteiger partial charge >= 0.3 is 0 Å². The van der Waals surface area contributed by atoms with Gasteiger partial charge < -0.3 is 9.80 Å². The first-order valence-electron chi connectivity index (χ1n) is 17.7. The van der Waals surface area contributed by atoms with Crippen LogP contribution in [0.3, 0.4) is 0 Å². The van der Waals surface area contributed by atoms with E-state index in [1.165, 1.54) is 100 Å². The highest BCUT2D eigenvalue weighted by atomic mass is 15.2. The normalized spacial score (nSPS) is 25.2. The van der Waals surface area contributed by atoms with E-state index in [9.17, 15) is 0 Å². The van der Waals surface area contributed by atoms with Crippen molar-refractivity contribution < 1.29 is 0 Å². The fourth-order valence-electron chi connectivity index (χ4n) is 11.7. The summed E-state index contributed by atoms with van der Waals surface area (Å²) in [6.45, 7) is 2.48. The number of imidazole rings is 1. The molecule has 0 atom stereocenters. The largest absolute Gasteiger partial charge is 0.336 e. The zero-order valence-electron chi connectivity index (χ0n) is 26.7. The van der Waals surface area contributed by atoms with E-state index in [1.807, 2.05) is 0 Å². The van der Waals surface area contributed by atoms with Gasteiger partial charge in [-0.3, -0.25) is 4.57 Å². The third-order valence-electron chi connectivity index (χ3n) is 12.8. The highest BCUT2D eigenvalue weighted by Crippen LogP contribution is 2.61. The van der Waals surface area contributed by atoms with Crippen LogP contribution in [-0.4, -0.2) is 21.8 Å². The van der Waals surface area contributed by atoms with Gasteiger partial charge in [0, 0.05) is 45.2 Å². The summed E-state index contributed by atoms with van der Waals surface area (Å²) in [4.78, 5) is 10.9. The van der Waals surface area contributed by atoms with Crippen LogP contribution in [0.4, 0.5) is 28.4 Å². The summed E-state index contributed by atoms with van der Waals surface area (Å²) in [6.07, 6.45) is 8.31. The zero-order chi connectivity index (χ0) is 30.6. The maximum absolute atomic E-state index is 5.42. The van der Waals surface area contributed by atoms with E-state index in [-0.39, 0.29) is 12.3 Å². The molecule has 0 spiro atoms. The monoisotopic (exact) mass is 606 g/mol. The fraction of sp³-hybridized carbons (Fsp3) is 0.262. The van der Waals surface area contributed by atoms with Gasteiger partial charge in [-0.15, -0.1) is 0 Å². The minimum atomic E-state index is 0.170. The number of nitrogens with zero attached hydrogens (tertiary/aromatic N) is 4. The highest BCUT2D eigenvalue weighted by Gasteiger charge is 2.57. The van der Waals surface area contributed by atoms with Gasteiger partial charge in [-0.1, -0.05) is 54.6 Å². The lowest BCUT2D eigenvalue weighted by molar-refractivity contribution is 0.000637. The van der Waals surface area contributed by atoms with Gasteiger partial charge in [0.1, 0.15) is 5.82 Å². The fourth-order valence-corrected chi connectivity index (χ4v) is 11.7. The number of para-hydroxylation sites is 1. The Labute approximate surface area is 275 Å². The average Bonchev–Trinajstić information content (AvgIpc) is 3.48. The maximum Gasteiger partial charge on any atom is 0.257 e. The SMILES string of the molecule is Cc1cc2c3c(c1)-n1c(-c4ccccc4)nc4ccc5c(c41)B3c1c(cccc1N2C12CC3CC(CC(C3)C1)C2)N5c1ccccc1. The van der Waals surface area contributed by atoms with Crippen molar-refractivity contribution in [3.05, 3.63) is 109 Å². The Morgan fingerprint density at radius 2 is 1.28 bits per heavy atom. The molecule has 4 nitrogen and oxygen atoms in total. The number of aryl methyl sites for hydroxylation is 1. The molecule has 7 aliphatic rings. The topological polar surface area (TPSA) is 24.3 Å². The Balaban J connectivity index is 1.24. The van der Waals surface area contributed by atoms with Crippen LogP contribution in [-0.2, 0) is 0 Å². The molecule has 1 aromatic heterocycles. The van der Waals surface area contributed by atoms with Crippen molar-refractivity contribution in [3.8, 4) is 17.1 Å². The lowest BCUT2D eigenvalue weighted by Gasteiger charge is -2.62. The molecule has 0 amide bonds. The lowest BCUT2D eigenvalue weighted by Crippen LogP contribution is -2.68. The zero-order valence-corrected chi connectivity index (χ0v) is 26.7. The highest BCUT2D eigenvalue weighted by molar-refractivity contribution is 7.02. The van der Waals surface area contributed by atoms with Crippen LogP contribution in [0.5, 0.6) is 0 Å². The van der Waals surface area contributed by atoms with Crippen molar-refractivity contribution in [2.75, 3.05) is 9.80 Å². The van der Waals surface area contributed by atoms with E-state index in [0.717, 1.165) is 34.7 Å². The number of aromatic nitrogens is 2. The van der Waals surface area contributed by atoms with Crippen molar-refractivity contribution >= 4 is 62.6 Å². The first-order chi connectivity index (χ1) is 23.1. The van der Waals surface area contributed by atoms with E-state index < -0.39 is 0 Å². The van der Waals surface area contributed by atoms with Gasteiger partial charge in [-0.2, -0.15) is 0 Å². The smallest absolute Gasteiger partial charge is 0.257 e. The van der Waals surface area contributed by atoms with Crippen LogP contribution < -0.4 is 26.2 Å². The second-order valence-corrected chi connectivity index (χ2v) is 15.5. The van der Waals surface area contributed by atoms with Crippen LogP contribution in [0, 0.1) is 24.7 Å². The minimum absolute atomic E-state index is 0.170. The molecular weight excluding hydrogens is 571 g/mol. The van der Waals surface area contributed by atoms with Crippen LogP contribution >= 0.6 is 0 Å². The van der Waals surface area contributed by atoms with E-state index in [4.69, 9.17) is 4.98 Å². The molecule has 0 N–H and O–H groups in total. The van der Waals surface area contributed by atoms with Crippen LogP contribution in [0.25, 0.3) is 28.1 Å². The molecule has 5 aromatic carbocycles. The van der Waals surface area contributed by atoms with Crippen molar-refractivity contribution in [1.29, 1.82) is 0 Å². The van der Waals surface area contributed by atoms with Crippen molar-refractivity contribution in [2.45, 2.75) is 51.0 Å². The molecule has 3 aliphatic heterocycles. The average molecular weight is 607 g/mol. The number of anilines is 5. The Morgan fingerprint density at radius 3 is 2.02 bits per heavy atom. The third kappa shape index (κ3) is 3.09. The molecule has 226 valence electrons. The predicted octanol–water partition coefficient (Wildman–Crippen LogP) is 8.03. The summed E-state index contributed by atoms with van der Waals surface area (Å²) in [6, 6.07) is 38.6. The number of rotatable bonds is 3. The summed E-state index contributed by atoms with van der Waals surface area (Å²) in [5, 5.41) is 0. The van der Waals surface area contributed by atoms with Crippen LogP contribution in [0.1, 0.15) is 44.1 Å². The molecule has 4 bridgehead atoms. The van der Waals surface area contributed by atoms with Gasteiger partial charge in [0.2, 0.25) is 0 Å². The molecule has 5 heteroatoms. The van der Waals surface area contributed by atoms with Gasteiger partial charge in [-0.05, 0) is 134 Å². The number of hydrogen-bond acceptors (Lipinski definition) is 3. The van der Waals surface area contributed by atoms with Crippen molar-refractivity contribution in [2.24, 2.45) is 17.8 Å². The molecule has 4 saturated carbocycles. The summed E-state index contributed by atoms with van der Waals surface area (Å²) in [7, 11) is 0. The Hall–Kier alpha value is -4.77. The van der Waals surface area contributed by atoms with Crippen molar-refractivity contribution in [1.82, 2.24) is 9.55 Å². The second kappa shape index (κ2) is 8.57. The Morgan fingerprint density at radius 1 is 0.638 bits per heavy atom. The standard InChI is InChI=1S/C42H35BN4/c1-25-17-35-38-36(18-25)47(42-22-26-19-27(23-42)21-28(20-26)24-42)34-14-8-13-32-37(34)43(38)39-33(45(32)30-11-6-3-7-12-30)16-15-31-40(39)46(35)41(44-31)29-9-4-2-5-10-29/h2-18,26-28H,19-24H2,1H3. The number of hydrogen-bond donors (Lipinski definition) is 0. The van der Waals surface area contributed by atoms with Crippen molar-refractivity contribution in [3.63, 3.8) is 0 Å². The van der Waals surface area contributed by atoms with Crippen LogP contribution in [0.15, 0.2) is 103 Å². The lowest BCUT2D eigenvalue weighted by atomic mass is 9.32. The molecule has 4 heterocycles. The molecule has 0 radical (unpaired) electrons. The molecule has 6 aromatic rings. The van der Waals surface area contributed by atoms with Crippen LogP contribution in [0.2, 0.25) is 0 Å². The molecule has 0 unspecified atom stereocenters. The third-order valence-corrected chi connectivity index (χ3v) is 12.8. The van der Waals surface area contributed by atoms with E-state index in [2.05, 4.69) is 124 Å². The van der Waals surface area contributed by atoms with E-state index in [0.29, 0.717) is 0 Å². The molecular formula is C42H35BN4. The summed E-state index contributed by atoms with van der Waals surface area (Å²) in [5.41, 5.74) is 17.4. The van der Waals surface area contributed by atoms with Gasteiger partial charge in [0.15, 0.2) is 0 Å². The first kappa shape index (κ1) is 25.3. The van der Waals surface area contributed by atoms with E-state index in [1.54, 1.807) is 0 Å². The number of fused-ring (bicyclic) bond motifs is 1.